The lowest BCUT2D eigenvalue weighted by Gasteiger charge is -2.29. The van der Waals surface area contributed by atoms with Gasteiger partial charge in [-0.1, -0.05) is 12.7 Å². The summed E-state index contributed by atoms with van der Waals surface area (Å²) in [6.45, 7) is 8.43. The zero-order valence-electron chi connectivity index (χ0n) is 12.1. The van der Waals surface area contributed by atoms with Crippen LogP contribution in [-0.2, 0) is 14.8 Å². The van der Waals surface area contributed by atoms with Crippen molar-refractivity contribution in [3.8, 4) is 0 Å². The molecular weight excluding hydrogens is 296 g/mol. The largest absolute Gasteiger partial charge is 0.504 e. The quantitative estimate of drug-likeness (QED) is 0.718. The van der Waals surface area contributed by atoms with Crippen molar-refractivity contribution in [2.45, 2.75) is 26.0 Å². The molecular formula is C13H20N2O5S. The number of allylic oxidation sites excluding steroid dienone is 2. The van der Waals surface area contributed by atoms with Gasteiger partial charge in [-0.15, -0.1) is 0 Å². The third-order valence-corrected chi connectivity index (χ3v) is 5.09. The fraction of sp³-hybridized carbons (Fsp3) is 0.538. The highest BCUT2D eigenvalue weighted by molar-refractivity contribution is 7.93. The molecule has 3 N–H and O–H groups in total. The second-order valence-corrected chi connectivity index (χ2v) is 7.17. The maximum Gasteiger partial charge on any atom is 0.245 e. The number of aliphatic hydroxyl groups excluding tert-OH is 2. The van der Waals surface area contributed by atoms with Gasteiger partial charge in [0.15, 0.2) is 11.5 Å². The van der Waals surface area contributed by atoms with Crippen LogP contribution in [0.2, 0.25) is 0 Å². The van der Waals surface area contributed by atoms with E-state index in [0.717, 1.165) is 0 Å². The maximum atomic E-state index is 12.2. The molecule has 1 fully saturated rings. The molecule has 0 aromatic rings. The number of nitrogens with one attached hydrogen (secondary N) is 1. The topological polar surface area (TPSA) is 99.1 Å². The molecule has 0 bridgehead atoms. The van der Waals surface area contributed by atoms with E-state index in [-0.39, 0.29) is 23.6 Å². The van der Waals surface area contributed by atoms with Crippen molar-refractivity contribution in [1.29, 1.82) is 0 Å². The summed E-state index contributed by atoms with van der Waals surface area (Å²) >= 11 is 0. The number of ether oxygens (including phenoxy) is 1. The number of hydrogen-bond donors (Lipinski definition) is 3. The Labute approximate surface area is 124 Å². The van der Waals surface area contributed by atoms with Gasteiger partial charge >= 0.3 is 0 Å². The van der Waals surface area contributed by atoms with E-state index in [1.165, 1.54) is 6.08 Å². The summed E-state index contributed by atoms with van der Waals surface area (Å²) in [5, 5.41) is 19.4. The Morgan fingerprint density at radius 3 is 2.67 bits per heavy atom. The third kappa shape index (κ3) is 3.13. The molecule has 7 nitrogen and oxygen atoms in total. The molecule has 0 unspecified atom stereocenters. The molecule has 1 aliphatic heterocycles. The number of rotatable bonds is 4. The highest BCUT2D eigenvalue weighted by Gasteiger charge is 2.35. The summed E-state index contributed by atoms with van der Waals surface area (Å²) in [7, 11) is -3.92. The summed E-state index contributed by atoms with van der Waals surface area (Å²) < 4.78 is 32.4. The van der Waals surface area contributed by atoms with Gasteiger partial charge in [-0.3, -0.25) is 4.90 Å². The Balaban J connectivity index is 2.12. The number of hydrogen-bond acceptors (Lipinski definition) is 6. The van der Waals surface area contributed by atoms with Gasteiger partial charge in [0.05, 0.1) is 13.3 Å². The Kier molecular flexibility index (Phi) is 4.16. The van der Waals surface area contributed by atoms with Crippen LogP contribution in [0.1, 0.15) is 20.3 Å². The molecule has 8 heteroatoms. The van der Waals surface area contributed by atoms with Crippen molar-refractivity contribution in [2.24, 2.45) is 0 Å². The van der Waals surface area contributed by atoms with E-state index in [1.54, 1.807) is 0 Å². The molecule has 0 amide bonds. The minimum absolute atomic E-state index is 0.0572. The Morgan fingerprint density at radius 1 is 1.43 bits per heavy atom. The molecule has 0 spiro atoms. The lowest BCUT2D eigenvalue weighted by atomic mass is 10.1. The second-order valence-electron chi connectivity index (χ2n) is 5.44. The third-order valence-electron chi connectivity index (χ3n) is 3.64. The van der Waals surface area contributed by atoms with Crippen LogP contribution in [0.15, 0.2) is 34.7 Å². The smallest absolute Gasteiger partial charge is 0.245 e. The summed E-state index contributed by atoms with van der Waals surface area (Å²) in [6, 6.07) is 0. The van der Waals surface area contributed by atoms with Gasteiger partial charge in [-0.2, -0.15) is 4.72 Å². The van der Waals surface area contributed by atoms with Crippen LogP contribution in [0.25, 0.3) is 0 Å². The molecule has 118 valence electrons. The van der Waals surface area contributed by atoms with Crippen LogP contribution in [0.3, 0.4) is 0 Å². The summed E-state index contributed by atoms with van der Waals surface area (Å²) in [5.41, 5.74) is -0.266. The zero-order valence-corrected chi connectivity index (χ0v) is 12.9. The van der Waals surface area contributed by atoms with Crippen molar-refractivity contribution in [3.63, 3.8) is 0 Å². The normalized spacial score (nSPS) is 23.5. The minimum atomic E-state index is -3.92. The van der Waals surface area contributed by atoms with Crippen molar-refractivity contribution in [2.75, 3.05) is 19.8 Å². The summed E-state index contributed by atoms with van der Waals surface area (Å²) in [4.78, 5) is 1.50. The first kappa shape index (κ1) is 16.0. The average molecular weight is 316 g/mol. The van der Waals surface area contributed by atoms with Crippen molar-refractivity contribution >= 4 is 10.0 Å². The van der Waals surface area contributed by atoms with E-state index < -0.39 is 27.3 Å². The molecule has 0 radical (unpaired) electrons. The van der Waals surface area contributed by atoms with E-state index in [0.29, 0.717) is 13.2 Å². The monoisotopic (exact) mass is 316 g/mol. The van der Waals surface area contributed by atoms with Gasteiger partial charge in [0.1, 0.15) is 10.6 Å². The predicted molar refractivity (Wildman–Crippen MR) is 77.8 cm³/mol. The van der Waals surface area contributed by atoms with Crippen LogP contribution in [-0.4, -0.2) is 49.1 Å². The molecule has 21 heavy (non-hydrogen) atoms. The molecule has 1 heterocycles. The van der Waals surface area contributed by atoms with Crippen molar-refractivity contribution in [1.82, 2.24) is 9.62 Å². The maximum absolute atomic E-state index is 12.2. The first-order chi connectivity index (χ1) is 9.65. The predicted octanol–water partition coefficient (Wildman–Crippen LogP) is 1.10. The Hall–Kier alpha value is -1.35. The van der Waals surface area contributed by atoms with Gasteiger partial charge in [0.25, 0.3) is 0 Å². The van der Waals surface area contributed by atoms with Crippen LogP contribution in [0.5, 0.6) is 0 Å². The van der Waals surface area contributed by atoms with E-state index in [9.17, 15) is 18.6 Å². The molecule has 0 aromatic heterocycles. The van der Waals surface area contributed by atoms with Crippen LogP contribution in [0, 0.1) is 0 Å². The molecule has 1 aliphatic carbocycles. The molecule has 0 atom stereocenters. The van der Waals surface area contributed by atoms with E-state index in [4.69, 9.17) is 4.74 Å². The van der Waals surface area contributed by atoms with Gasteiger partial charge in [0, 0.05) is 6.54 Å². The minimum Gasteiger partial charge on any atom is -0.504 e. The van der Waals surface area contributed by atoms with Crippen molar-refractivity contribution < 1.29 is 23.4 Å². The van der Waals surface area contributed by atoms with Gasteiger partial charge in [-0.25, -0.2) is 8.42 Å². The summed E-state index contributed by atoms with van der Waals surface area (Å²) in [5.74, 6) is -1.15. The first-order valence-electron chi connectivity index (χ1n) is 6.55. The standard InChI is InChI=1S/C13H20N2O5S/c1-9-4-5-10(12(17)11(9)16)21(18,19)14-8-15-6-7-20-13(15,2)3/h5,14,16-17H,1,4,6-8H2,2-3H3. The van der Waals surface area contributed by atoms with E-state index in [2.05, 4.69) is 11.3 Å². The Bertz CT molecular complexity index is 618. The lowest BCUT2D eigenvalue weighted by molar-refractivity contribution is -0.0504. The summed E-state index contributed by atoms with van der Waals surface area (Å²) in [6.07, 6.45) is 1.50. The second kappa shape index (κ2) is 5.45. The molecule has 2 rings (SSSR count). The lowest BCUT2D eigenvalue weighted by Crippen LogP contribution is -2.46. The number of nitrogens with zero attached hydrogens (tertiary/aromatic N) is 1. The molecule has 1 saturated heterocycles. The first-order valence-corrected chi connectivity index (χ1v) is 8.03. The fourth-order valence-corrected chi connectivity index (χ4v) is 3.34. The van der Waals surface area contributed by atoms with Gasteiger partial charge in [-0.05, 0) is 25.8 Å². The molecule has 0 aromatic carbocycles. The van der Waals surface area contributed by atoms with Gasteiger partial charge in [0.2, 0.25) is 10.0 Å². The van der Waals surface area contributed by atoms with Gasteiger partial charge < -0.3 is 14.9 Å². The fourth-order valence-electron chi connectivity index (χ4n) is 2.21. The average Bonchev–Trinajstić information content (AvgIpc) is 2.72. The molecule has 0 saturated carbocycles. The molecule has 2 aliphatic rings. The van der Waals surface area contributed by atoms with Crippen LogP contribution >= 0.6 is 0 Å². The highest BCUT2D eigenvalue weighted by Crippen LogP contribution is 2.28. The zero-order chi connectivity index (χ0) is 15.8. The number of sulfonamides is 1. The van der Waals surface area contributed by atoms with Crippen molar-refractivity contribution in [3.05, 3.63) is 34.7 Å². The van der Waals surface area contributed by atoms with Crippen LogP contribution < -0.4 is 4.72 Å². The Morgan fingerprint density at radius 2 is 2.10 bits per heavy atom. The SMILES string of the molecule is C=C1CC=C(S(=O)(=O)NCN2CCOC2(C)C)C(O)=C1O. The van der Waals surface area contributed by atoms with E-state index >= 15 is 0 Å². The number of aliphatic hydroxyl groups is 2. The van der Waals surface area contributed by atoms with Crippen LogP contribution in [0.4, 0.5) is 0 Å². The highest BCUT2D eigenvalue weighted by atomic mass is 32.2. The van der Waals surface area contributed by atoms with E-state index in [1.807, 2.05) is 18.7 Å².